The van der Waals surface area contributed by atoms with Crippen LogP contribution in [0.1, 0.15) is 26.7 Å². The molecule has 4 nitrogen and oxygen atoms in total. The first-order chi connectivity index (χ1) is 7.19. The Hall–Kier alpha value is -0.610. The van der Waals surface area contributed by atoms with Gasteiger partial charge >= 0.3 is 0 Å². The molecule has 15 heavy (non-hydrogen) atoms. The molecule has 1 aliphatic rings. The molecule has 0 bridgehead atoms. The number of likely N-dealkylation sites (N-methyl/N-ethyl adjacent to an activating group) is 1. The highest BCUT2D eigenvalue weighted by molar-refractivity contribution is 5.73. The molecule has 0 radical (unpaired) electrons. The van der Waals surface area contributed by atoms with E-state index in [1.807, 2.05) is 11.8 Å². The molecular formula is C11H22N2O2. The molecular weight excluding hydrogens is 192 g/mol. The van der Waals surface area contributed by atoms with Crippen LogP contribution in [0.3, 0.4) is 0 Å². The molecule has 88 valence electrons. The Bertz CT molecular complexity index is 207. The highest BCUT2D eigenvalue weighted by Gasteiger charge is 2.25. The molecule has 0 aromatic rings. The molecule has 1 rings (SSSR count). The minimum Gasteiger partial charge on any atom is -0.395 e. The van der Waals surface area contributed by atoms with Crippen LogP contribution in [0.5, 0.6) is 0 Å². The Labute approximate surface area is 91.9 Å². The van der Waals surface area contributed by atoms with Crippen molar-refractivity contribution in [2.45, 2.75) is 32.7 Å². The molecule has 4 heteroatoms. The van der Waals surface area contributed by atoms with Gasteiger partial charge in [-0.25, -0.2) is 0 Å². The zero-order valence-electron chi connectivity index (χ0n) is 9.78. The number of β-amino-alcohol motifs (C(OH)–C–C–N with tert-alkyl or cyclic N) is 1. The van der Waals surface area contributed by atoms with Gasteiger partial charge in [-0.2, -0.15) is 0 Å². The highest BCUT2D eigenvalue weighted by atomic mass is 16.3. The van der Waals surface area contributed by atoms with E-state index in [-0.39, 0.29) is 12.5 Å². The van der Waals surface area contributed by atoms with Crippen LogP contribution in [0.15, 0.2) is 0 Å². The summed E-state index contributed by atoms with van der Waals surface area (Å²) in [7, 11) is 0. The molecule has 1 amide bonds. The van der Waals surface area contributed by atoms with Crippen molar-refractivity contribution in [1.82, 2.24) is 9.80 Å². The molecule has 0 unspecified atom stereocenters. The van der Waals surface area contributed by atoms with Gasteiger partial charge in [-0.05, 0) is 26.3 Å². The third kappa shape index (κ3) is 3.47. The maximum atomic E-state index is 11.4. The number of nitrogens with zero attached hydrogens (tertiary/aromatic N) is 2. The minimum atomic E-state index is 0.161. The topological polar surface area (TPSA) is 43.8 Å². The Morgan fingerprint density at radius 2 is 2.33 bits per heavy atom. The van der Waals surface area contributed by atoms with Gasteiger partial charge in [0.1, 0.15) is 0 Å². The average molecular weight is 214 g/mol. The second-order valence-electron chi connectivity index (χ2n) is 4.13. The van der Waals surface area contributed by atoms with Crippen molar-refractivity contribution in [3.63, 3.8) is 0 Å². The molecule has 1 atom stereocenters. The van der Waals surface area contributed by atoms with E-state index in [2.05, 4.69) is 4.90 Å². The van der Waals surface area contributed by atoms with E-state index in [1.54, 1.807) is 6.92 Å². The van der Waals surface area contributed by atoms with Crippen LogP contribution in [0.4, 0.5) is 0 Å². The van der Waals surface area contributed by atoms with Crippen molar-refractivity contribution in [1.29, 1.82) is 0 Å². The fourth-order valence-electron chi connectivity index (χ4n) is 2.37. The first-order valence-electron chi connectivity index (χ1n) is 5.79. The van der Waals surface area contributed by atoms with Crippen LogP contribution in [0.25, 0.3) is 0 Å². The van der Waals surface area contributed by atoms with Crippen molar-refractivity contribution in [2.75, 3.05) is 32.8 Å². The summed E-state index contributed by atoms with van der Waals surface area (Å²) >= 11 is 0. The third-order valence-electron chi connectivity index (χ3n) is 3.08. The van der Waals surface area contributed by atoms with Crippen molar-refractivity contribution in [3.8, 4) is 0 Å². The lowest BCUT2D eigenvalue weighted by Crippen LogP contribution is -2.50. The van der Waals surface area contributed by atoms with E-state index in [9.17, 15) is 4.79 Å². The van der Waals surface area contributed by atoms with Crippen molar-refractivity contribution < 1.29 is 9.90 Å². The standard InChI is InChI=1S/C11H22N2O2/c1-3-13(10(2)15)11-5-4-6-12(9-11)7-8-14/h11,14H,3-9H2,1-2H3/t11-/m0/s1. The zero-order valence-corrected chi connectivity index (χ0v) is 9.78. The Kier molecular flexibility index (Phi) is 5.05. The maximum absolute atomic E-state index is 11.4. The van der Waals surface area contributed by atoms with E-state index < -0.39 is 0 Å². The normalized spacial score (nSPS) is 22.7. The first-order valence-corrected chi connectivity index (χ1v) is 5.79. The van der Waals surface area contributed by atoms with Gasteiger partial charge in [0, 0.05) is 32.6 Å². The second-order valence-corrected chi connectivity index (χ2v) is 4.13. The molecule has 0 aliphatic carbocycles. The lowest BCUT2D eigenvalue weighted by molar-refractivity contribution is -0.132. The van der Waals surface area contributed by atoms with Gasteiger partial charge in [-0.15, -0.1) is 0 Å². The molecule has 0 saturated carbocycles. The summed E-state index contributed by atoms with van der Waals surface area (Å²) in [6, 6.07) is 0.341. The van der Waals surface area contributed by atoms with Crippen LogP contribution in [-0.4, -0.2) is 59.6 Å². The van der Waals surface area contributed by atoms with Crippen molar-refractivity contribution in [2.24, 2.45) is 0 Å². The van der Waals surface area contributed by atoms with Gasteiger partial charge in [0.2, 0.25) is 5.91 Å². The average Bonchev–Trinajstić information content (AvgIpc) is 2.19. The summed E-state index contributed by atoms with van der Waals surface area (Å²) in [5, 5.41) is 8.89. The smallest absolute Gasteiger partial charge is 0.219 e. The Morgan fingerprint density at radius 1 is 1.60 bits per heavy atom. The van der Waals surface area contributed by atoms with Gasteiger partial charge in [-0.3, -0.25) is 9.69 Å². The summed E-state index contributed by atoms with van der Waals surface area (Å²) in [6.07, 6.45) is 2.21. The van der Waals surface area contributed by atoms with Crippen molar-refractivity contribution in [3.05, 3.63) is 0 Å². The molecule has 1 aliphatic heterocycles. The molecule has 0 spiro atoms. The Morgan fingerprint density at radius 3 is 2.87 bits per heavy atom. The number of carbonyl (C=O) groups is 1. The molecule has 0 aromatic heterocycles. The SMILES string of the molecule is CCN(C(C)=O)[C@H]1CCCN(CCO)C1. The van der Waals surface area contributed by atoms with Gasteiger partial charge in [0.05, 0.1) is 6.61 Å². The fourth-order valence-corrected chi connectivity index (χ4v) is 2.37. The van der Waals surface area contributed by atoms with Crippen LogP contribution < -0.4 is 0 Å². The number of hydrogen-bond donors (Lipinski definition) is 1. The molecule has 1 heterocycles. The number of aliphatic hydroxyl groups is 1. The third-order valence-corrected chi connectivity index (χ3v) is 3.08. The second kappa shape index (κ2) is 6.08. The molecule has 0 aromatic carbocycles. The lowest BCUT2D eigenvalue weighted by atomic mass is 10.0. The number of amides is 1. The summed E-state index contributed by atoms with van der Waals surface area (Å²) < 4.78 is 0. The van der Waals surface area contributed by atoms with Crippen LogP contribution >= 0.6 is 0 Å². The number of hydrogen-bond acceptors (Lipinski definition) is 3. The predicted octanol–water partition coefficient (Wildman–Crippen LogP) is 0.311. The van der Waals surface area contributed by atoms with Gasteiger partial charge < -0.3 is 10.0 Å². The van der Waals surface area contributed by atoms with E-state index in [1.165, 1.54) is 0 Å². The molecule has 1 saturated heterocycles. The summed E-state index contributed by atoms with van der Waals surface area (Å²) in [5.41, 5.74) is 0. The number of rotatable bonds is 4. The van der Waals surface area contributed by atoms with E-state index >= 15 is 0 Å². The first kappa shape index (κ1) is 12.5. The van der Waals surface area contributed by atoms with Crippen LogP contribution in [0, 0.1) is 0 Å². The fraction of sp³-hybridized carbons (Fsp3) is 0.909. The van der Waals surface area contributed by atoms with E-state index in [0.717, 1.165) is 39.0 Å². The largest absolute Gasteiger partial charge is 0.395 e. The Balaban J connectivity index is 2.50. The van der Waals surface area contributed by atoms with Crippen LogP contribution in [0.2, 0.25) is 0 Å². The van der Waals surface area contributed by atoms with E-state index in [0.29, 0.717) is 6.04 Å². The number of carbonyl (C=O) groups excluding carboxylic acids is 1. The zero-order chi connectivity index (χ0) is 11.3. The number of likely N-dealkylation sites (tertiary alicyclic amines) is 1. The summed E-state index contributed by atoms with van der Waals surface area (Å²) in [5.74, 6) is 0.161. The van der Waals surface area contributed by atoms with Gasteiger partial charge in [0.25, 0.3) is 0 Å². The lowest BCUT2D eigenvalue weighted by Gasteiger charge is -2.38. The number of aliphatic hydroxyl groups excluding tert-OH is 1. The van der Waals surface area contributed by atoms with Gasteiger partial charge in [-0.1, -0.05) is 0 Å². The van der Waals surface area contributed by atoms with Gasteiger partial charge in [0.15, 0.2) is 0 Å². The summed E-state index contributed by atoms with van der Waals surface area (Å²) in [4.78, 5) is 15.6. The van der Waals surface area contributed by atoms with Crippen molar-refractivity contribution >= 4 is 5.91 Å². The quantitative estimate of drug-likeness (QED) is 0.732. The van der Waals surface area contributed by atoms with E-state index in [4.69, 9.17) is 5.11 Å². The minimum absolute atomic E-state index is 0.161. The maximum Gasteiger partial charge on any atom is 0.219 e. The predicted molar refractivity (Wildman–Crippen MR) is 59.6 cm³/mol. The molecule has 1 N–H and O–H groups in total. The monoisotopic (exact) mass is 214 g/mol. The molecule has 1 fully saturated rings. The highest BCUT2D eigenvalue weighted by Crippen LogP contribution is 2.15. The van der Waals surface area contributed by atoms with Crippen LogP contribution in [-0.2, 0) is 4.79 Å². The number of piperidine rings is 1. The summed E-state index contributed by atoms with van der Waals surface area (Å²) in [6.45, 7) is 7.33.